The van der Waals surface area contributed by atoms with Crippen LogP contribution in [0.2, 0.25) is 5.02 Å². The van der Waals surface area contributed by atoms with Gasteiger partial charge >= 0.3 is 0 Å². The molecule has 0 aliphatic rings. The summed E-state index contributed by atoms with van der Waals surface area (Å²) in [4.78, 5) is 43.0. The fourth-order valence-electron chi connectivity index (χ4n) is 2.73. The van der Waals surface area contributed by atoms with Crippen LogP contribution in [-0.2, 0) is 20.7 Å². The summed E-state index contributed by atoms with van der Waals surface area (Å²) in [6, 6.07) is 6.47. The summed E-state index contributed by atoms with van der Waals surface area (Å²) in [5.41, 5.74) is 1.01. The van der Waals surface area contributed by atoms with Gasteiger partial charge in [-0.25, -0.2) is 4.98 Å². The van der Waals surface area contributed by atoms with Crippen molar-refractivity contribution in [1.29, 1.82) is 0 Å². The van der Waals surface area contributed by atoms with Gasteiger partial charge in [-0.15, -0.1) is 11.3 Å². The second-order valence-corrected chi connectivity index (χ2v) is 8.92. The Labute approximate surface area is 197 Å². The number of halogens is 1. The number of carbonyl (C=O) groups is 3. The van der Waals surface area contributed by atoms with Crippen molar-refractivity contribution in [3.8, 4) is 0 Å². The fourth-order valence-corrected chi connectivity index (χ4v) is 3.59. The first-order chi connectivity index (χ1) is 15.3. The molecule has 2 aromatic rings. The van der Waals surface area contributed by atoms with E-state index in [4.69, 9.17) is 16.3 Å². The first-order valence-electron chi connectivity index (χ1n) is 10.3. The summed E-state index contributed by atoms with van der Waals surface area (Å²) in [6.45, 7) is 5.21. The van der Waals surface area contributed by atoms with E-state index < -0.39 is 0 Å². The van der Waals surface area contributed by atoms with Gasteiger partial charge in [-0.2, -0.15) is 0 Å². The van der Waals surface area contributed by atoms with Gasteiger partial charge in [0.1, 0.15) is 6.54 Å². The predicted molar refractivity (Wildman–Crippen MR) is 126 cm³/mol. The van der Waals surface area contributed by atoms with Gasteiger partial charge in [0.15, 0.2) is 5.13 Å². The van der Waals surface area contributed by atoms with Gasteiger partial charge in [0.05, 0.1) is 18.7 Å². The number of ether oxygens (including phenoxy) is 1. The second kappa shape index (κ2) is 13.1. The summed E-state index contributed by atoms with van der Waals surface area (Å²) in [5.74, 6) is -0.267. The zero-order chi connectivity index (χ0) is 23.5. The first-order valence-corrected chi connectivity index (χ1v) is 11.6. The Morgan fingerprint density at radius 1 is 1.19 bits per heavy atom. The molecule has 0 atom stereocenters. The van der Waals surface area contributed by atoms with E-state index in [0.29, 0.717) is 40.5 Å². The fraction of sp³-hybridized carbons (Fsp3) is 0.455. The van der Waals surface area contributed by atoms with Crippen LogP contribution < -0.4 is 10.6 Å². The highest BCUT2D eigenvalue weighted by Gasteiger charge is 2.19. The molecule has 0 unspecified atom stereocenters. The van der Waals surface area contributed by atoms with Crippen molar-refractivity contribution >= 4 is 45.8 Å². The molecule has 2 N–H and O–H groups in total. The van der Waals surface area contributed by atoms with E-state index in [1.165, 1.54) is 23.3 Å². The number of nitrogens with zero attached hydrogens (tertiary/aromatic N) is 2. The van der Waals surface area contributed by atoms with Crippen LogP contribution in [0.25, 0.3) is 0 Å². The molecule has 3 amide bonds. The Morgan fingerprint density at radius 2 is 1.91 bits per heavy atom. The number of anilines is 1. The van der Waals surface area contributed by atoms with Crippen LogP contribution in [0.15, 0.2) is 29.6 Å². The van der Waals surface area contributed by atoms with Crippen molar-refractivity contribution in [1.82, 2.24) is 15.2 Å². The Bertz CT molecular complexity index is 902. The van der Waals surface area contributed by atoms with Gasteiger partial charge in [-0.3, -0.25) is 14.4 Å². The molecule has 1 heterocycles. The molecule has 0 aliphatic heterocycles. The third kappa shape index (κ3) is 8.94. The van der Waals surface area contributed by atoms with E-state index in [-0.39, 0.29) is 37.2 Å². The zero-order valence-corrected chi connectivity index (χ0v) is 20.1. The maximum Gasteiger partial charge on any atom is 0.254 e. The van der Waals surface area contributed by atoms with E-state index in [2.05, 4.69) is 29.5 Å². The minimum Gasteiger partial charge on any atom is -0.383 e. The van der Waals surface area contributed by atoms with Gasteiger partial charge in [-0.1, -0.05) is 25.4 Å². The van der Waals surface area contributed by atoms with Crippen LogP contribution in [0.5, 0.6) is 0 Å². The Hall–Kier alpha value is -2.49. The number of thiazole rings is 1. The average molecular weight is 481 g/mol. The molecule has 0 spiro atoms. The maximum absolute atomic E-state index is 12.8. The van der Waals surface area contributed by atoms with Crippen molar-refractivity contribution in [3.63, 3.8) is 0 Å². The Kier molecular flexibility index (Phi) is 10.6. The van der Waals surface area contributed by atoms with Crippen molar-refractivity contribution in [3.05, 3.63) is 45.9 Å². The predicted octanol–water partition coefficient (Wildman–Crippen LogP) is 3.23. The lowest BCUT2D eigenvalue weighted by molar-refractivity contribution is -0.120. The van der Waals surface area contributed by atoms with E-state index in [0.717, 1.165) is 6.42 Å². The van der Waals surface area contributed by atoms with E-state index in [1.54, 1.807) is 29.6 Å². The van der Waals surface area contributed by atoms with Crippen molar-refractivity contribution in [2.24, 2.45) is 5.92 Å². The molecule has 10 heteroatoms. The van der Waals surface area contributed by atoms with Crippen molar-refractivity contribution in [2.45, 2.75) is 26.7 Å². The molecule has 32 heavy (non-hydrogen) atoms. The highest BCUT2D eigenvalue weighted by Crippen LogP contribution is 2.16. The topological polar surface area (TPSA) is 101 Å². The van der Waals surface area contributed by atoms with Crippen molar-refractivity contribution in [2.75, 3.05) is 38.7 Å². The highest BCUT2D eigenvalue weighted by atomic mass is 35.5. The van der Waals surface area contributed by atoms with Crippen LogP contribution in [0, 0.1) is 5.92 Å². The van der Waals surface area contributed by atoms with Gasteiger partial charge in [0.2, 0.25) is 11.8 Å². The third-order valence-corrected chi connectivity index (χ3v) is 5.52. The standard InChI is InChI=1S/C22H29ClN4O4S/c1-15(2)8-9-24-19(28)12-18-14-32-22(25-18)26-20(29)13-27(10-11-31-3)21(30)16-4-6-17(23)7-5-16/h4-7,14-15H,8-13H2,1-3H3,(H,24,28)(H,25,26,29). The largest absolute Gasteiger partial charge is 0.383 e. The van der Waals surface area contributed by atoms with Crippen LogP contribution >= 0.6 is 22.9 Å². The molecule has 0 fully saturated rings. The lowest BCUT2D eigenvalue weighted by atomic mass is 10.1. The lowest BCUT2D eigenvalue weighted by Gasteiger charge is -2.21. The van der Waals surface area contributed by atoms with E-state index in [1.807, 2.05) is 0 Å². The van der Waals surface area contributed by atoms with E-state index in [9.17, 15) is 14.4 Å². The SMILES string of the molecule is COCCN(CC(=O)Nc1nc(CC(=O)NCCC(C)C)cs1)C(=O)c1ccc(Cl)cc1. The average Bonchev–Trinajstić information content (AvgIpc) is 3.17. The number of rotatable bonds is 12. The van der Waals surface area contributed by atoms with Crippen LogP contribution in [-0.4, -0.2) is 61.0 Å². The summed E-state index contributed by atoms with van der Waals surface area (Å²) < 4.78 is 5.06. The quantitative estimate of drug-likeness (QED) is 0.485. The van der Waals surface area contributed by atoms with Gasteiger partial charge in [0.25, 0.3) is 5.91 Å². The maximum atomic E-state index is 12.8. The van der Waals surface area contributed by atoms with Crippen LogP contribution in [0.1, 0.15) is 36.3 Å². The molecular formula is C22H29ClN4O4S. The number of aromatic nitrogens is 1. The molecule has 0 saturated carbocycles. The summed E-state index contributed by atoms with van der Waals surface area (Å²) in [5, 5.41) is 8.20. The molecule has 1 aromatic carbocycles. The summed E-state index contributed by atoms with van der Waals surface area (Å²) in [7, 11) is 1.53. The minimum absolute atomic E-state index is 0.104. The molecule has 1 aromatic heterocycles. The van der Waals surface area contributed by atoms with Crippen LogP contribution in [0.4, 0.5) is 5.13 Å². The van der Waals surface area contributed by atoms with E-state index >= 15 is 0 Å². The molecule has 0 saturated heterocycles. The first kappa shape index (κ1) is 25.8. The van der Waals surface area contributed by atoms with Gasteiger partial charge in [-0.05, 0) is 36.6 Å². The summed E-state index contributed by atoms with van der Waals surface area (Å²) >= 11 is 7.12. The van der Waals surface area contributed by atoms with Gasteiger partial charge in [0, 0.05) is 36.2 Å². The monoisotopic (exact) mass is 480 g/mol. The molecular weight excluding hydrogens is 452 g/mol. The smallest absolute Gasteiger partial charge is 0.254 e. The molecule has 174 valence electrons. The van der Waals surface area contributed by atoms with Crippen LogP contribution in [0.3, 0.4) is 0 Å². The Balaban J connectivity index is 1.91. The summed E-state index contributed by atoms with van der Waals surface area (Å²) in [6.07, 6.45) is 1.07. The number of nitrogens with one attached hydrogen (secondary N) is 2. The minimum atomic E-state index is -0.384. The molecule has 0 bridgehead atoms. The lowest BCUT2D eigenvalue weighted by Crippen LogP contribution is -2.40. The number of hydrogen-bond acceptors (Lipinski definition) is 6. The number of carbonyl (C=O) groups excluding carboxylic acids is 3. The molecule has 0 aliphatic carbocycles. The highest BCUT2D eigenvalue weighted by molar-refractivity contribution is 7.13. The molecule has 2 rings (SSSR count). The molecule has 8 nitrogen and oxygen atoms in total. The number of benzene rings is 1. The van der Waals surface area contributed by atoms with Gasteiger partial charge < -0.3 is 20.3 Å². The number of methoxy groups -OCH3 is 1. The number of hydrogen-bond donors (Lipinski definition) is 2. The molecule has 0 radical (unpaired) electrons. The normalized spacial score (nSPS) is 10.8. The zero-order valence-electron chi connectivity index (χ0n) is 18.5. The second-order valence-electron chi connectivity index (χ2n) is 7.63. The Morgan fingerprint density at radius 3 is 2.56 bits per heavy atom. The third-order valence-electron chi connectivity index (χ3n) is 4.46. The number of amides is 3. The van der Waals surface area contributed by atoms with Crippen molar-refractivity contribution < 1.29 is 19.1 Å².